The molecule has 0 fully saturated rings. The first-order valence-corrected chi connectivity index (χ1v) is 11.4. The van der Waals surface area contributed by atoms with Crippen molar-refractivity contribution in [3.63, 3.8) is 0 Å². The number of methoxy groups -OCH3 is 1. The van der Waals surface area contributed by atoms with E-state index in [2.05, 4.69) is 10.3 Å². The molecule has 0 spiro atoms. The highest BCUT2D eigenvalue weighted by Crippen LogP contribution is 2.33. The SMILES string of the molecule is CC(C)C=O.CNc1nccc2c1CN(C(C)C1=CC(OC)=C(OCC(C)(C)F)N(C)C1)C2=O. The molecule has 9 heteroatoms. The number of fused-ring (bicyclic) bond motifs is 1. The lowest BCUT2D eigenvalue weighted by atomic mass is 10.0. The number of nitrogens with zero attached hydrogens (tertiary/aromatic N) is 3. The van der Waals surface area contributed by atoms with Gasteiger partial charge in [0, 0.05) is 43.9 Å². The molecule has 188 valence electrons. The van der Waals surface area contributed by atoms with Gasteiger partial charge in [0.1, 0.15) is 24.4 Å². The fourth-order valence-electron chi connectivity index (χ4n) is 3.61. The van der Waals surface area contributed by atoms with Crippen molar-refractivity contribution in [2.45, 2.75) is 52.9 Å². The van der Waals surface area contributed by atoms with Crippen molar-refractivity contribution in [3.8, 4) is 0 Å². The van der Waals surface area contributed by atoms with Gasteiger partial charge in [-0.1, -0.05) is 13.8 Å². The molecule has 0 aliphatic carbocycles. The van der Waals surface area contributed by atoms with Gasteiger partial charge in [0.25, 0.3) is 5.91 Å². The number of aldehydes is 1. The summed E-state index contributed by atoms with van der Waals surface area (Å²) in [6.45, 7) is 9.62. The van der Waals surface area contributed by atoms with Gasteiger partial charge in [-0.2, -0.15) is 0 Å². The van der Waals surface area contributed by atoms with E-state index >= 15 is 0 Å². The van der Waals surface area contributed by atoms with E-state index in [-0.39, 0.29) is 24.5 Å². The van der Waals surface area contributed by atoms with Crippen LogP contribution in [0.3, 0.4) is 0 Å². The number of nitrogens with one attached hydrogen (secondary N) is 1. The number of carbonyl (C=O) groups excluding carboxylic acids is 2. The normalized spacial score (nSPS) is 16.5. The predicted octanol–water partition coefficient (Wildman–Crippen LogP) is 3.76. The number of allylic oxidation sites excluding steroid dienone is 1. The van der Waals surface area contributed by atoms with E-state index in [0.29, 0.717) is 30.3 Å². The summed E-state index contributed by atoms with van der Waals surface area (Å²) < 4.78 is 25.1. The third kappa shape index (κ3) is 6.48. The van der Waals surface area contributed by atoms with Crippen molar-refractivity contribution in [2.24, 2.45) is 5.92 Å². The van der Waals surface area contributed by atoms with E-state index in [1.807, 2.05) is 43.7 Å². The molecule has 1 aromatic heterocycles. The van der Waals surface area contributed by atoms with Gasteiger partial charge in [-0.25, -0.2) is 9.37 Å². The van der Waals surface area contributed by atoms with Crippen molar-refractivity contribution in [1.82, 2.24) is 14.8 Å². The van der Waals surface area contributed by atoms with Crippen LogP contribution in [0.15, 0.2) is 35.6 Å². The van der Waals surface area contributed by atoms with Crippen LogP contribution in [0, 0.1) is 5.92 Å². The second-order valence-corrected chi connectivity index (χ2v) is 9.38. The zero-order chi connectivity index (χ0) is 25.6. The maximum absolute atomic E-state index is 13.9. The number of hydrogen-bond acceptors (Lipinski definition) is 7. The summed E-state index contributed by atoms with van der Waals surface area (Å²) in [5.74, 6) is 1.93. The van der Waals surface area contributed by atoms with Crippen molar-refractivity contribution in [1.29, 1.82) is 0 Å². The lowest BCUT2D eigenvalue weighted by Crippen LogP contribution is -2.40. The van der Waals surface area contributed by atoms with Crippen LogP contribution < -0.4 is 5.32 Å². The highest BCUT2D eigenvalue weighted by atomic mass is 19.1. The second-order valence-electron chi connectivity index (χ2n) is 9.38. The van der Waals surface area contributed by atoms with Crippen LogP contribution in [0.4, 0.5) is 10.2 Å². The summed E-state index contributed by atoms with van der Waals surface area (Å²) in [6.07, 6.45) is 4.45. The largest absolute Gasteiger partial charge is 0.491 e. The third-order valence-electron chi connectivity index (χ3n) is 5.45. The molecule has 1 N–H and O–H groups in total. The number of hydrogen-bond donors (Lipinski definition) is 1. The van der Waals surface area contributed by atoms with Crippen molar-refractivity contribution in [2.75, 3.05) is 39.7 Å². The zero-order valence-corrected chi connectivity index (χ0v) is 21.4. The average molecular weight is 477 g/mol. The standard InChI is InChI=1S/C21H29FN4O3.C4H8O/c1-13(26-11-16-15(19(26)27)7-8-24-18(16)23-4)14-9-17(28-6)20(25(5)10-14)29-12-21(2,3)22;1-4(2)3-5/h7-9,13H,10-12H2,1-6H3,(H,23,24);3-4H,1-2H3. The van der Waals surface area contributed by atoms with Crippen LogP contribution >= 0.6 is 0 Å². The van der Waals surface area contributed by atoms with Gasteiger partial charge in [-0.3, -0.25) is 4.79 Å². The van der Waals surface area contributed by atoms with Gasteiger partial charge in [-0.15, -0.1) is 0 Å². The van der Waals surface area contributed by atoms with Crippen LogP contribution in [0.1, 0.15) is 50.5 Å². The topological polar surface area (TPSA) is 84.0 Å². The number of carbonyl (C=O) groups is 2. The molecule has 2 aliphatic rings. The first-order valence-electron chi connectivity index (χ1n) is 11.4. The predicted molar refractivity (Wildman–Crippen MR) is 130 cm³/mol. The molecule has 1 amide bonds. The summed E-state index contributed by atoms with van der Waals surface area (Å²) in [6, 6.07) is 1.61. The minimum atomic E-state index is -1.45. The summed E-state index contributed by atoms with van der Waals surface area (Å²) in [7, 11) is 5.22. The van der Waals surface area contributed by atoms with Gasteiger partial charge < -0.3 is 29.4 Å². The number of rotatable bonds is 8. The average Bonchev–Trinajstić information content (AvgIpc) is 3.13. The van der Waals surface area contributed by atoms with E-state index in [1.165, 1.54) is 13.8 Å². The molecule has 0 saturated heterocycles. The Balaban J connectivity index is 0.000000739. The number of amides is 1. The molecule has 34 heavy (non-hydrogen) atoms. The molecule has 3 rings (SSSR count). The monoisotopic (exact) mass is 476 g/mol. The molecule has 8 nitrogen and oxygen atoms in total. The summed E-state index contributed by atoms with van der Waals surface area (Å²) in [5.41, 5.74) is 1.15. The van der Waals surface area contributed by atoms with Crippen LogP contribution in [-0.2, 0) is 20.8 Å². The Morgan fingerprint density at radius 2 is 1.94 bits per heavy atom. The molecule has 0 radical (unpaired) electrons. The summed E-state index contributed by atoms with van der Waals surface area (Å²) in [4.78, 5) is 30.5. The van der Waals surface area contributed by atoms with E-state index in [4.69, 9.17) is 9.47 Å². The number of alkyl halides is 1. The lowest BCUT2D eigenvalue weighted by Gasteiger charge is -2.34. The minimum absolute atomic E-state index is 0.0147. The number of aromatic nitrogens is 1. The Bertz CT molecular complexity index is 953. The Morgan fingerprint density at radius 1 is 1.29 bits per heavy atom. The van der Waals surface area contributed by atoms with E-state index < -0.39 is 5.67 Å². The van der Waals surface area contributed by atoms with Gasteiger partial charge >= 0.3 is 0 Å². The van der Waals surface area contributed by atoms with Crippen LogP contribution in [0.25, 0.3) is 0 Å². The summed E-state index contributed by atoms with van der Waals surface area (Å²) >= 11 is 0. The van der Waals surface area contributed by atoms with Crippen molar-refractivity contribution in [3.05, 3.63) is 46.7 Å². The first kappa shape index (κ1) is 27.1. The van der Waals surface area contributed by atoms with Crippen LogP contribution in [-0.4, -0.2) is 73.0 Å². The molecular formula is C25H37FN4O4. The van der Waals surface area contributed by atoms with Gasteiger partial charge in [0.15, 0.2) is 5.76 Å². The first-order chi connectivity index (χ1) is 15.9. The maximum atomic E-state index is 13.9. The van der Waals surface area contributed by atoms with Gasteiger partial charge in [-0.05, 0) is 38.5 Å². The smallest absolute Gasteiger partial charge is 0.255 e. The molecule has 1 unspecified atom stereocenters. The second kappa shape index (κ2) is 11.4. The molecule has 2 aliphatic heterocycles. The quantitative estimate of drug-likeness (QED) is 0.572. The summed E-state index contributed by atoms with van der Waals surface area (Å²) in [5, 5.41) is 3.05. The molecule has 3 heterocycles. The molecule has 0 bridgehead atoms. The number of halogens is 1. The van der Waals surface area contributed by atoms with Crippen LogP contribution in [0.5, 0.6) is 0 Å². The van der Waals surface area contributed by atoms with Gasteiger partial charge in [0.2, 0.25) is 5.88 Å². The molecule has 0 aromatic carbocycles. The number of anilines is 1. The Morgan fingerprint density at radius 3 is 2.47 bits per heavy atom. The molecule has 0 saturated carbocycles. The highest BCUT2D eigenvalue weighted by Gasteiger charge is 2.36. The number of likely N-dealkylation sites (N-methyl/N-ethyl adjacent to an activating group) is 1. The fraction of sp³-hybridized carbons (Fsp3) is 0.560. The molecular weight excluding hydrogens is 439 g/mol. The number of pyridine rings is 1. The number of ether oxygens (including phenoxy) is 2. The Hall–Kier alpha value is -3.10. The van der Waals surface area contributed by atoms with E-state index in [1.54, 1.807) is 26.4 Å². The molecule has 1 atom stereocenters. The Kier molecular flexibility index (Phi) is 9.06. The highest BCUT2D eigenvalue weighted by molar-refractivity contribution is 6.00. The van der Waals surface area contributed by atoms with Crippen molar-refractivity contribution >= 4 is 18.0 Å². The van der Waals surface area contributed by atoms with E-state index in [9.17, 15) is 14.0 Å². The molecule has 1 aromatic rings. The Labute approximate surface area is 201 Å². The zero-order valence-electron chi connectivity index (χ0n) is 21.4. The third-order valence-corrected chi connectivity index (χ3v) is 5.45. The lowest BCUT2D eigenvalue weighted by molar-refractivity contribution is -0.110. The van der Waals surface area contributed by atoms with Gasteiger partial charge in [0.05, 0.1) is 19.7 Å². The van der Waals surface area contributed by atoms with Crippen molar-refractivity contribution < 1.29 is 23.5 Å². The van der Waals surface area contributed by atoms with E-state index in [0.717, 1.165) is 23.2 Å². The van der Waals surface area contributed by atoms with Crippen LogP contribution in [0.2, 0.25) is 0 Å². The maximum Gasteiger partial charge on any atom is 0.255 e. The fourth-order valence-corrected chi connectivity index (χ4v) is 3.61. The minimum Gasteiger partial charge on any atom is -0.491 e.